The Morgan fingerprint density at radius 3 is 2.21 bits per heavy atom. The number of aliphatic hydroxyl groups excluding tert-OH is 1. The third kappa shape index (κ3) is 9.88. The highest BCUT2D eigenvalue weighted by Crippen LogP contribution is 2.05. The molecule has 0 fully saturated rings. The Morgan fingerprint density at radius 1 is 1.09 bits per heavy atom. The molecular formula is C18H29N7O7S. The fourth-order valence-electron chi connectivity index (χ4n) is 2.64. The average Bonchev–Trinajstić information content (AvgIpc) is 3.27. The summed E-state index contributed by atoms with van der Waals surface area (Å²) in [5.74, 6) is -4.32. The molecule has 10 N–H and O–H groups in total. The number of aromatic amines is 1. The topological polar surface area (TPSA) is 243 Å². The second-order valence-corrected chi connectivity index (χ2v) is 8.03. The first-order valence-corrected chi connectivity index (χ1v) is 11.2. The predicted octanol–water partition coefficient (Wildman–Crippen LogP) is -3.56. The first kappa shape index (κ1) is 27.9. The van der Waals surface area contributed by atoms with Crippen LogP contribution in [-0.2, 0) is 30.4 Å². The molecule has 0 saturated heterocycles. The minimum Gasteiger partial charge on any atom is -0.480 e. The van der Waals surface area contributed by atoms with Crippen LogP contribution in [0.2, 0.25) is 0 Å². The first-order valence-electron chi connectivity index (χ1n) is 9.83. The van der Waals surface area contributed by atoms with Gasteiger partial charge in [-0.05, 0) is 18.4 Å². The molecule has 0 aliphatic heterocycles. The van der Waals surface area contributed by atoms with E-state index in [1.165, 1.54) is 24.3 Å². The standard InChI is InChI=1S/C18H29N7O7S/c1-33-3-2-11(23-15(28)10(19)7-26)16(29)24-12(5-14(20)27)17(30)25-13(18(31)32)4-9-6-21-8-22-9/h6,8,10-13,26H,2-5,7,19H2,1H3,(H2,20,27)(H,21,22)(H,23,28)(H,24,29)(H,25,30)(H,31,32). The van der Waals surface area contributed by atoms with Crippen LogP contribution in [-0.4, -0.2) is 92.6 Å². The van der Waals surface area contributed by atoms with Gasteiger partial charge in [0.1, 0.15) is 24.2 Å². The lowest BCUT2D eigenvalue weighted by Crippen LogP contribution is -2.58. The highest BCUT2D eigenvalue weighted by Gasteiger charge is 2.31. The molecule has 0 spiro atoms. The summed E-state index contributed by atoms with van der Waals surface area (Å²) in [5.41, 5.74) is 11.1. The number of hydrogen-bond acceptors (Lipinski definition) is 9. The maximum Gasteiger partial charge on any atom is 0.326 e. The Bertz CT molecular complexity index is 821. The molecular weight excluding hydrogens is 458 g/mol. The van der Waals surface area contributed by atoms with Gasteiger partial charge in [-0.1, -0.05) is 0 Å². The van der Waals surface area contributed by atoms with Gasteiger partial charge in [-0.2, -0.15) is 11.8 Å². The highest BCUT2D eigenvalue weighted by atomic mass is 32.2. The van der Waals surface area contributed by atoms with Gasteiger partial charge in [0.25, 0.3) is 0 Å². The molecule has 0 aliphatic carbocycles. The molecule has 0 radical (unpaired) electrons. The minimum absolute atomic E-state index is 0.121. The summed E-state index contributed by atoms with van der Waals surface area (Å²) >= 11 is 1.40. The predicted molar refractivity (Wildman–Crippen MR) is 118 cm³/mol. The molecule has 4 unspecified atom stereocenters. The van der Waals surface area contributed by atoms with Gasteiger partial charge in [0, 0.05) is 18.3 Å². The van der Waals surface area contributed by atoms with Gasteiger partial charge >= 0.3 is 5.97 Å². The number of aliphatic carboxylic acids is 1. The molecule has 0 saturated carbocycles. The smallest absolute Gasteiger partial charge is 0.326 e. The number of imidazole rings is 1. The molecule has 0 bridgehead atoms. The normalized spacial score (nSPS) is 14.4. The van der Waals surface area contributed by atoms with Gasteiger partial charge in [0.05, 0.1) is 19.4 Å². The Morgan fingerprint density at radius 2 is 1.70 bits per heavy atom. The molecule has 4 atom stereocenters. The number of carbonyl (C=O) groups excluding carboxylic acids is 4. The van der Waals surface area contributed by atoms with Crippen LogP contribution >= 0.6 is 11.8 Å². The Balaban J connectivity index is 2.95. The quantitative estimate of drug-likeness (QED) is 0.121. The van der Waals surface area contributed by atoms with Gasteiger partial charge in [0.2, 0.25) is 23.6 Å². The van der Waals surface area contributed by atoms with E-state index in [0.29, 0.717) is 11.4 Å². The van der Waals surface area contributed by atoms with E-state index in [2.05, 4.69) is 25.9 Å². The second kappa shape index (κ2) is 14.1. The lowest BCUT2D eigenvalue weighted by Gasteiger charge is -2.24. The number of nitrogens with zero attached hydrogens (tertiary/aromatic N) is 1. The van der Waals surface area contributed by atoms with Crippen molar-refractivity contribution in [3.8, 4) is 0 Å². The van der Waals surface area contributed by atoms with Gasteiger partial charge in [-0.3, -0.25) is 19.2 Å². The number of nitrogens with two attached hydrogens (primary N) is 2. The van der Waals surface area contributed by atoms with Crippen molar-refractivity contribution >= 4 is 41.4 Å². The van der Waals surface area contributed by atoms with E-state index in [-0.39, 0.29) is 12.8 Å². The molecule has 33 heavy (non-hydrogen) atoms. The summed E-state index contributed by atoms with van der Waals surface area (Å²) in [7, 11) is 0. The molecule has 0 aromatic carbocycles. The number of carboxylic acids is 1. The fourth-order valence-corrected chi connectivity index (χ4v) is 3.11. The second-order valence-electron chi connectivity index (χ2n) is 7.04. The number of carbonyl (C=O) groups is 5. The highest BCUT2D eigenvalue weighted by molar-refractivity contribution is 7.98. The summed E-state index contributed by atoms with van der Waals surface area (Å²) in [5, 5.41) is 25.4. The average molecular weight is 488 g/mol. The molecule has 15 heteroatoms. The molecule has 0 aliphatic rings. The molecule has 4 amide bonds. The summed E-state index contributed by atoms with van der Waals surface area (Å²) in [6.07, 6.45) is 3.96. The molecule has 1 rings (SSSR count). The summed E-state index contributed by atoms with van der Waals surface area (Å²) < 4.78 is 0. The minimum atomic E-state index is -1.49. The van der Waals surface area contributed by atoms with Crippen molar-refractivity contribution in [1.29, 1.82) is 0 Å². The van der Waals surface area contributed by atoms with Crippen LogP contribution in [0.1, 0.15) is 18.5 Å². The van der Waals surface area contributed by atoms with Crippen molar-refractivity contribution in [3.05, 3.63) is 18.2 Å². The number of amides is 4. The van der Waals surface area contributed by atoms with E-state index in [1.54, 1.807) is 6.26 Å². The van der Waals surface area contributed by atoms with Gasteiger partial charge < -0.3 is 42.6 Å². The van der Waals surface area contributed by atoms with Crippen LogP contribution in [0.25, 0.3) is 0 Å². The zero-order chi connectivity index (χ0) is 25.0. The van der Waals surface area contributed by atoms with Gasteiger partial charge in [0.15, 0.2) is 0 Å². The number of rotatable bonds is 15. The first-order chi connectivity index (χ1) is 15.6. The zero-order valence-electron chi connectivity index (χ0n) is 17.9. The number of primary amides is 1. The third-order valence-electron chi connectivity index (χ3n) is 4.41. The number of thioether (sulfide) groups is 1. The van der Waals surface area contributed by atoms with Crippen LogP contribution < -0.4 is 27.4 Å². The van der Waals surface area contributed by atoms with E-state index in [1.807, 2.05) is 0 Å². The molecule has 184 valence electrons. The van der Waals surface area contributed by atoms with Crippen LogP contribution in [0, 0.1) is 0 Å². The largest absolute Gasteiger partial charge is 0.480 e. The number of aliphatic hydroxyl groups is 1. The third-order valence-corrected chi connectivity index (χ3v) is 5.05. The monoisotopic (exact) mass is 487 g/mol. The summed E-state index contributed by atoms with van der Waals surface area (Å²) in [6, 6.07) is -5.23. The molecule has 14 nitrogen and oxygen atoms in total. The van der Waals surface area contributed by atoms with Crippen molar-refractivity contribution < 1.29 is 34.2 Å². The summed E-state index contributed by atoms with van der Waals surface area (Å²) in [4.78, 5) is 67.0. The van der Waals surface area contributed by atoms with Crippen LogP contribution in [0.4, 0.5) is 0 Å². The number of hydrogen-bond donors (Lipinski definition) is 8. The Labute approximate surface area is 193 Å². The van der Waals surface area contributed by atoms with E-state index in [9.17, 15) is 29.1 Å². The lowest BCUT2D eigenvalue weighted by molar-refractivity contribution is -0.142. The van der Waals surface area contributed by atoms with Gasteiger partial charge in [-0.15, -0.1) is 0 Å². The van der Waals surface area contributed by atoms with Crippen LogP contribution in [0.15, 0.2) is 12.5 Å². The van der Waals surface area contributed by atoms with Crippen LogP contribution in [0.3, 0.4) is 0 Å². The van der Waals surface area contributed by atoms with Crippen molar-refractivity contribution in [3.63, 3.8) is 0 Å². The maximum absolute atomic E-state index is 12.8. The Kier molecular flexibility index (Phi) is 11.9. The van der Waals surface area contributed by atoms with E-state index >= 15 is 0 Å². The van der Waals surface area contributed by atoms with Crippen LogP contribution in [0.5, 0.6) is 0 Å². The maximum atomic E-state index is 12.8. The SMILES string of the molecule is CSCCC(NC(=O)C(N)CO)C(=O)NC(CC(N)=O)C(=O)NC(Cc1cnc[nH]1)C(=O)O. The number of aromatic nitrogens is 2. The fraction of sp³-hybridized carbons (Fsp3) is 0.556. The number of nitrogens with one attached hydrogen (secondary N) is 4. The number of H-pyrrole nitrogens is 1. The Hall–Kier alpha value is -3.17. The number of carboxylic acid groups (broad SMARTS) is 1. The lowest BCUT2D eigenvalue weighted by atomic mass is 10.1. The van der Waals surface area contributed by atoms with Crippen molar-refractivity contribution in [1.82, 2.24) is 25.9 Å². The molecule has 1 heterocycles. The van der Waals surface area contributed by atoms with Crippen molar-refractivity contribution in [2.24, 2.45) is 11.5 Å². The van der Waals surface area contributed by atoms with Crippen molar-refractivity contribution in [2.75, 3.05) is 18.6 Å². The molecule has 1 aromatic rings. The van der Waals surface area contributed by atoms with Gasteiger partial charge in [-0.25, -0.2) is 9.78 Å². The van der Waals surface area contributed by atoms with E-state index in [0.717, 1.165) is 0 Å². The van der Waals surface area contributed by atoms with Crippen molar-refractivity contribution in [2.45, 2.75) is 43.4 Å². The van der Waals surface area contributed by atoms with E-state index < -0.39 is 66.8 Å². The van der Waals surface area contributed by atoms with E-state index in [4.69, 9.17) is 16.6 Å². The summed E-state index contributed by atoms with van der Waals surface area (Å²) in [6.45, 7) is -0.637. The molecule has 1 aromatic heterocycles. The zero-order valence-corrected chi connectivity index (χ0v) is 18.8.